The van der Waals surface area contributed by atoms with E-state index in [4.69, 9.17) is 9.84 Å². The molecule has 0 amide bonds. The van der Waals surface area contributed by atoms with Gasteiger partial charge in [0.2, 0.25) is 0 Å². The maximum atomic E-state index is 10.8. The Kier molecular flexibility index (Phi) is 5.36. The Morgan fingerprint density at radius 1 is 1.32 bits per heavy atom. The molecular weight excluding hydrogens is 242 g/mol. The van der Waals surface area contributed by atoms with Crippen LogP contribution in [0.5, 0.6) is 5.75 Å². The first-order valence-corrected chi connectivity index (χ1v) is 6.40. The summed E-state index contributed by atoms with van der Waals surface area (Å²) in [6, 6.07) is 4.27. The highest BCUT2D eigenvalue weighted by Crippen LogP contribution is 2.31. The van der Waals surface area contributed by atoms with Crippen molar-refractivity contribution >= 4 is 5.97 Å². The van der Waals surface area contributed by atoms with Crippen LogP contribution in [0.2, 0.25) is 0 Å². The molecule has 0 aliphatic rings. The fourth-order valence-corrected chi connectivity index (χ4v) is 2.48. The van der Waals surface area contributed by atoms with Crippen molar-refractivity contribution in [1.29, 1.82) is 0 Å². The van der Waals surface area contributed by atoms with Crippen molar-refractivity contribution < 1.29 is 14.6 Å². The number of aliphatic carboxylic acids is 1. The Morgan fingerprint density at radius 2 is 1.84 bits per heavy atom. The molecule has 1 rings (SSSR count). The van der Waals surface area contributed by atoms with E-state index in [1.54, 1.807) is 7.11 Å². The zero-order valence-electron chi connectivity index (χ0n) is 12.4. The van der Waals surface area contributed by atoms with Crippen molar-refractivity contribution in [1.82, 2.24) is 4.90 Å². The third-order valence-corrected chi connectivity index (χ3v) is 3.33. The number of methoxy groups -OCH3 is 1. The van der Waals surface area contributed by atoms with E-state index in [1.165, 1.54) is 0 Å². The maximum Gasteiger partial charge on any atom is 0.303 e. The Morgan fingerprint density at radius 3 is 2.21 bits per heavy atom. The molecule has 1 N–H and O–H groups in total. The first-order valence-electron chi connectivity index (χ1n) is 6.40. The number of carboxylic acids is 1. The predicted octanol–water partition coefficient (Wildman–Crippen LogP) is 2.78. The fourth-order valence-electron chi connectivity index (χ4n) is 2.48. The van der Waals surface area contributed by atoms with Crippen molar-refractivity contribution in [2.75, 3.05) is 21.2 Å². The third kappa shape index (κ3) is 3.96. The molecule has 0 bridgehead atoms. The van der Waals surface area contributed by atoms with E-state index < -0.39 is 5.97 Å². The van der Waals surface area contributed by atoms with Gasteiger partial charge in [-0.2, -0.15) is 0 Å². The number of benzene rings is 1. The van der Waals surface area contributed by atoms with Gasteiger partial charge in [0.05, 0.1) is 7.11 Å². The lowest BCUT2D eigenvalue weighted by molar-refractivity contribution is -0.137. The standard InChI is InChI=1S/C15H23NO3/c1-10-8-12(9-11(2)15(10)19-5)13(16(3)4)6-7-14(17)18/h8-9,13H,6-7H2,1-5H3,(H,17,18). The number of hydrogen-bond acceptors (Lipinski definition) is 3. The number of aryl methyl sites for hydroxylation is 2. The average molecular weight is 265 g/mol. The maximum absolute atomic E-state index is 10.8. The third-order valence-electron chi connectivity index (χ3n) is 3.33. The molecule has 0 aliphatic heterocycles. The van der Waals surface area contributed by atoms with Crippen LogP contribution in [0.25, 0.3) is 0 Å². The SMILES string of the molecule is COc1c(C)cc(C(CCC(=O)O)N(C)C)cc1C. The van der Waals surface area contributed by atoms with E-state index in [0.29, 0.717) is 6.42 Å². The number of hydrogen-bond donors (Lipinski definition) is 1. The van der Waals surface area contributed by atoms with Gasteiger partial charge in [0.15, 0.2) is 0 Å². The quantitative estimate of drug-likeness (QED) is 0.859. The van der Waals surface area contributed by atoms with Crippen LogP contribution in [0.1, 0.15) is 35.6 Å². The lowest BCUT2D eigenvalue weighted by Crippen LogP contribution is -2.21. The van der Waals surface area contributed by atoms with Crippen LogP contribution in [0.4, 0.5) is 0 Å². The van der Waals surface area contributed by atoms with Gasteiger partial charge < -0.3 is 14.7 Å². The van der Waals surface area contributed by atoms with Crippen molar-refractivity contribution in [2.45, 2.75) is 32.7 Å². The molecule has 4 nitrogen and oxygen atoms in total. The molecule has 1 atom stereocenters. The van der Waals surface area contributed by atoms with Crippen LogP contribution >= 0.6 is 0 Å². The minimum Gasteiger partial charge on any atom is -0.496 e. The first kappa shape index (κ1) is 15.5. The molecular formula is C15H23NO3. The largest absolute Gasteiger partial charge is 0.496 e. The second-order valence-corrected chi connectivity index (χ2v) is 5.10. The lowest BCUT2D eigenvalue weighted by atomic mass is 9.96. The molecule has 0 spiro atoms. The van der Waals surface area contributed by atoms with Crippen LogP contribution in [0.3, 0.4) is 0 Å². The van der Waals surface area contributed by atoms with Gasteiger partial charge in [0.1, 0.15) is 5.75 Å². The van der Waals surface area contributed by atoms with Gasteiger partial charge in [0, 0.05) is 12.5 Å². The van der Waals surface area contributed by atoms with Crippen molar-refractivity contribution in [2.24, 2.45) is 0 Å². The molecule has 4 heteroatoms. The van der Waals surface area contributed by atoms with Gasteiger partial charge in [-0.15, -0.1) is 0 Å². The molecule has 0 fully saturated rings. The smallest absolute Gasteiger partial charge is 0.303 e. The normalized spacial score (nSPS) is 12.5. The molecule has 0 aromatic heterocycles. The van der Waals surface area contributed by atoms with Crippen molar-refractivity contribution in [3.05, 3.63) is 28.8 Å². The number of nitrogens with zero attached hydrogens (tertiary/aromatic N) is 1. The van der Waals surface area contributed by atoms with Gasteiger partial charge in [-0.25, -0.2) is 0 Å². The summed E-state index contributed by atoms with van der Waals surface area (Å²) in [5.74, 6) is 0.147. The van der Waals surface area contributed by atoms with Crippen molar-refractivity contribution in [3.63, 3.8) is 0 Å². The van der Waals surface area contributed by atoms with E-state index >= 15 is 0 Å². The minimum absolute atomic E-state index is 0.111. The van der Waals surface area contributed by atoms with E-state index in [1.807, 2.05) is 27.9 Å². The highest BCUT2D eigenvalue weighted by atomic mass is 16.5. The Bertz CT molecular complexity index is 432. The van der Waals surface area contributed by atoms with E-state index in [0.717, 1.165) is 22.4 Å². The Hall–Kier alpha value is -1.55. The summed E-state index contributed by atoms with van der Waals surface area (Å²) >= 11 is 0. The van der Waals surface area contributed by atoms with Crippen molar-refractivity contribution in [3.8, 4) is 5.75 Å². The molecule has 0 saturated heterocycles. The number of carbonyl (C=O) groups is 1. The van der Waals surface area contributed by atoms with Crippen LogP contribution in [0.15, 0.2) is 12.1 Å². The van der Waals surface area contributed by atoms with E-state index in [2.05, 4.69) is 17.0 Å². The first-order chi connectivity index (χ1) is 8.86. The van der Waals surface area contributed by atoms with Gasteiger partial charge >= 0.3 is 5.97 Å². The highest BCUT2D eigenvalue weighted by Gasteiger charge is 2.17. The average Bonchev–Trinajstić information content (AvgIpc) is 2.27. The summed E-state index contributed by atoms with van der Waals surface area (Å²) in [5.41, 5.74) is 3.31. The van der Waals surface area contributed by atoms with Gasteiger partial charge in [-0.3, -0.25) is 4.79 Å². The molecule has 106 valence electrons. The molecule has 0 radical (unpaired) electrons. The predicted molar refractivity (Wildman–Crippen MR) is 75.8 cm³/mol. The molecule has 1 unspecified atom stereocenters. The second-order valence-electron chi connectivity index (χ2n) is 5.10. The molecule has 1 aromatic rings. The summed E-state index contributed by atoms with van der Waals surface area (Å²) in [6.45, 7) is 4.03. The Balaban J connectivity index is 3.06. The van der Waals surface area contributed by atoms with Gasteiger partial charge in [0.25, 0.3) is 0 Å². The van der Waals surface area contributed by atoms with Gasteiger partial charge in [-0.1, -0.05) is 12.1 Å². The Labute approximate surface area is 115 Å². The monoisotopic (exact) mass is 265 g/mol. The molecule has 0 saturated carbocycles. The molecule has 19 heavy (non-hydrogen) atoms. The fraction of sp³-hybridized carbons (Fsp3) is 0.533. The molecule has 0 aliphatic carbocycles. The van der Waals surface area contributed by atoms with Crippen LogP contribution in [-0.4, -0.2) is 37.2 Å². The highest BCUT2D eigenvalue weighted by molar-refractivity contribution is 5.66. The topological polar surface area (TPSA) is 49.8 Å². The molecule has 0 heterocycles. The zero-order chi connectivity index (χ0) is 14.6. The number of carboxylic acid groups (broad SMARTS) is 1. The zero-order valence-corrected chi connectivity index (χ0v) is 12.4. The molecule has 1 aromatic carbocycles. The van der Waals surface area contributed by atoms with Crippen LogP contribution < -0.4 is 4.74 Å². The van der Waals surface area contributed by atoms with Gasteiger partial charge in [-0.05, 0) is 51.1 Å². The summed E-state index contributed by atoms with van der Waals surface area (Å²) in [7, 11) is 5.62. The lowest BCUT2D eigenvalue weighted by Gasteiger charge is -2.25. The minimum atomic E-state index is -0.756. The number of ether oxygens (including phenoxy) is 1. The van der Waals surface area contributed by atoms with E-state index in [9.17, 15) is 4.79 Å². The summed E-state index contributed by atoms with van der Waals surface area (Å²) in [6.07, 6.45) is 0.778. The number of rotatable bonds is 6. The summed E-state index contributed by atoms with van der Waals surface area (Å²) in [4.78, 5) is 12.8. The van der Waals surface area contributed by atoms with Crippen LogP contribution in [-0.2, 0) is 4.79 Å². The summed E-state index contributed by atoms with van der Waals surface area (Å²) in [5, 5.41) is 8.84. The van der Waals surface area contributed by atoms with Crippen LogP contribution in [0, 0.1) is 13.8 Å². The van der Waals surface area contributed by atoms with E-state index in [-0.39, 0.29) is 12.5 Å². The second kappa shape index (κ2) is 6.57. The summed E-state index contributed by atoms with van der Waals surface area (Å²) < 4.78 is 5.36.